The number of halogens is 2. The molecule has 10 nitrogen and oxygen atoms in total. The van der Waals surface area contributed by atoms with Crippen LogP contribution in [0.15, 0.2) is 71.3 Å². The first-order chi connectivity index (χ1) is 23.2. The number of fused-ring (bicyclic) bond motifs is 1. The molecule has 6 rings (SSSR count). The van der Waals surface area contributed by atoms with Crippen molar-refractivity contribution in [3.8, 4) is 22.6 Å². The number of oxazole rings is 1. The molecule has 0 saturated carbocycles. The van der Waals surface area contributed by atoms with E-state index in [1.165, 1.54) is 0 Å². The van der Waals surface area contributed by atoms with Crippen LogP contribution in [0.1, 0.15) is 46.4 Å². The van der Waals surface area contributed by atoms with Crippen LogP contribution in [0.4, 0.5) is 5.69 Å². The summed E-state index contributed by atoms with van der Waals surface area (Å²) in [5, 5.41) is 25.4. The minimum Gasteiger partial charge on any atom is -0.480 e. The Morgan fingerprint density at radius 3 is 2.58 bits per heavy atom. The van der Waals surface area contributed by atoms with E-state index in [9.17, 15) is 14.7 Å². The maximum Gasteiger partial charge on any atom is 0.320 e. The van der Waals surface area contributed by atoms with Crippen LogP contribution in [0.25, 0.3) is 33.7 Å². The van der Waals surface area contributed by atoms with Crippen LogP contribution in [-0.4, -0.2) is 62.7 Å². The van der Waals surface area contributed by atoms with Crippen molar-refractivity contribution < 1.29 is 24.2 Å². The molecular weight excluding hydrogens is 653 g/mol. The molecule has 1 fully saturated rings. The minimum atomic E-state index is -0.805. The Bertz CT molecular complexity index is 1960. The highest BCUT2D eigenvalue weighted by molar-refractivity contribution is 6.36. The lowest BCUT2D eigenvalue weighted by Gasteiger charge is -2.32. The highest BCUT2D eigenvalue weighted by Crippen LogP contribution is 2.39. The third-order valence-electron chi connectivity index (χ3n) is 8.57. The molecule has 1 amide bonds. The van der Waals surface area contributed by atoms with Crippen LogP contribution in [-0.2, 0) is 17.9 Å². The van der Waals surface area contributed by atoms with Gasteiger partial charge in [0.1, 0.15) is 17.3 Å². The monoisotopic (exact) mass is 687 g/mol. The maximum absolute atomic E-state index is 13.0. The number of anilines is 1. The normalized spacial score (nSPS) is 15.1. The summed E-state index contributed by atoms with van der Waals surface area (Å²) in [6, 6.07) is 17.9. The van der Waals surface area contributed by atoms with Crippen molar-refractivity contribution in [3.63, 3.8) is 0 Å². The Morgan fingerprint density at radius 1 is 1.02 bits per heavy atom. The molecule has 1 aliphatic rings. The molecule has 1 unspecified atom stereocenters. The summed E-state index contributed by atoms with van der Waals surface area (Å²) in [5.74, 6) is -0.803. The number of carbonyl (C=O) groups is 2. The first-order valence-corrected chi connectivity index (χ1v) is 16.5. The number of amides is 1. The summed E-state index contributed by atoms with van der Waals surface area (Å²) in [6.45, 7) is 4.18. The zero-order valence-electron chi connectivity index (χ0n) is 26.3. The summed E-state index contributed by atoms with van der Waals surface area (Å²) in [7, 11) is 0. The fourth-order valence-corrected chi connectivity index (χ4v) is 6.66. The first-order valence-electron chi connectivity index (χ1n) is 15.8. The molecule has 0 aliphatic carbocycles. The van der Waals surface area contributed by atoms with Gasteiger partial charge in [-0.2, -0.15) is 0 Å². The fourth-order valence-electron chi connectivity index (χ4n) is 6.10. The Labute approximate surface area is 287 Å². The average molecular weight is 689 g/mol. The number of aliphatic hydroxyl groups is 1. The lowest BCUT2D eigenvalue weighted by Crippen LogP contribution is -2.43. The van der Waals surface area contributed by atoms with Gasteiger partial charge in [0, 0.05) is 37.0 Å². The summed E-state index contributed by atoms with van der Waals surface area (Å²) < 4.78 is 6.19. The Hall–Kier alpha value is -4.32. The largest absolute Gasteiger partial charge is 0.480 e. The van der Waals surface area contributed by atoms with Crippen molar-refractivity contribution >= 4 is 51.9 Å². The molecule has 0 spiro atoms. The van der Waals surface area contributed by atoms with Crippen molar-refractivity contribution in [2.24, 2.45) is 0 Å². The van der Waals surface area contributed by atoms with E-state index in [-0.39, 0.29) is 12.3 Å². The fraction of sp³-hybridized carbons (Fsp3) is 0.278. The van der Waals surface area contributed by atoms with E-state index in [1.807, 2.05) is 60.4 Å². The SMILES string of the molecule is Cc1c(-c2nc3cc(CN4CCCCC4C(=O)O)cc(Cl)c3o2)cccc1-c1cccc(NC(=O)c2ccc(CNCCO)cn2)c1Cl. The van der Waals surface area contributed by atoms with Gasteiger partial charge in [0.05, 0.1) is 22.3 Å². The molecule has 4 N–H and O–H groups in total. The molecule has 1 saturated heterocycles. The van der Waals surface area contributed by atoms with Crippen LogP contribution in [0.3, 0.4) is 0 Å². The van der Waals surface area contributed by atoms with Gasteiger partial charge in [0.25, 0.3) is 5.91 Å². The molecule has 248 valence electrons. The lowest BCUT2D eigenvalue weighted by molar-refractivity contribution is -0.144. The quantitative estimate of drug-likeness (QED) is 0.109. The second kappa shape index (κ2) is 14.8. The van der Waals surface area contributed by atoms with Gasteiger partial charge in [-0.05, 0) is 78.9 Å². The summed E-state index contributed by atoms with van der Waals surface area (Å²) >= 11 is 13.6. The Morgan fingerprint density at radius 2 is 1.81 bits per heavy atom. The number of aliphatic hydroxyl groups excluding tert-OH is 1. The highest BCUT2D eigenvalue weighted by atomic mass is 35.5. The number of aromatic nitrogens is 2. The average Bonchev–Trinajstić information content (AvgIpc) is 3.51. The molecule has 0 radical (unpaired) electrons. The Balaban J connectivity index is 1.24. The number of rotatable bonds is 11. The van der Waals surface area contributed by atoms with E-state index in [0.29, 0.717) is 65.3 Å². The van der Waals surface area contributed by atoms with Crippen LogP contribution in [0, 0.1) is 6.92 Å². The zero-order valence-corrected chi connectivity index (χ0v) is 27.8. The number of hydrogen-bond donors (Lipinski definition) is 4. The van der Waals surface area contributed by atoms with Gasteiger partial charge in [0.15, 0.2) is 5.58 Å². The molecule has 3 aromatic carbocycles. The van der Waals surface area contributed by atoms with Crippen molar-refractivity contribution in [2.45, 2.75) is 45.3 Å². The smallest absolute Gasteiger partial charge is 0.320 e. The number of likely N-dealkylation sites (tertiary alicyclic amines) is 1. The van der Waals surface area contributed by atoms with Crippen LogP contribution < -0.4 is 10.6 Å². The number of pyridine rings is 1. The van der Waals surface area contributed by atoms with Crippen molar-refractivity contribution in [2.75, 3.05) is 25.0 Å². The molecular formula is C36H35Cl2N5O5. The van der Waals surface area contributed by atoms with Crippen molar-refractivity contribution in [3.05, 3.63) is 99.3 Å². The molecule has 1 atom stereocenters. The van der Waals surface area contributed by atoms with Gasteiger partial charge >= 0.3 is 5.97 Å². The number of aliphatic carboxylic acids is 1. The van der Waals surface area contributed by atoms with Gasteiger partial charge in [-0.3, -0.25) is 19.5 Å². The second-order valence-corrected chi connectivity index (χ2v) is 12.6. The molecule has 1 aliphatic heterocycles. The van der Waals surface area contributed by atoms with Gasteiger partial charge in [0.2, 0.25) is 5.89 Å². The number of carboxylic acid groups (broad SMARTS) is 1. The third kappa shape index (κ3) is 7.23. The number of hydrogen-bond acceptors (Lipinski definition) is 8. The number of piperidine rings is 1. The predicted octanol–water partition coefficient (Wildman–Crippen LogP) is 6.95. The minimum absolute atomic E-state index is 0.0438. The third-order valence-corrected chi connectivity index (χ3v) is 9.25. The molecule has 2 aromatic heterocycles. The first kappa shape index (κ1) is 33.6. The second-order valence-electron chi connectivity index (χ2n) is 11.8. The van der Waals surface area contributed by atoms with Gasteiger partial charge in [-0.25, -0.2) is 4.98 Å². The summed E-state index contributed by atoms with van der Waals surface area (Å²) in [4.78, 5) is 35.9. The molecule has 48 heavy (non-hydrogen) atoms. The zero-order chi connectivity index (χ0) is 33.8. The predicted molar refractivity (Wildman–Crippen MR) is 186 cm³/mol. The number of carbonyl (C=O) groups excluding carboxylic acids is 1. The molecule has 3 heterocycles. The van der Waals surface area contributed by atoms with Gasteiger partial charge in [-0.1, -0.05) is 60.0 Å². The molecule has 12 heteroatoms. The molecule has 5 aromatic rings. The summed E-state index contributed by atoms with van der Waals surface area (Å²) in [6.07, 6.45) is 4.11. The number of nitrogens with one attached hydrogen (secondary N) is 2. The topological polar surface area (TPSA) is 141 Å². The lowest BCUT2D eigenvalue weighted by atomic mass is 9.96. The molecule has 0 bridgehead atoms. The van der Waals surface area contributed by atoms with Gasteiger partial charge in [-0.15, -0.1) is 0 Å². The Kier molecular flexibility index (Phi) is 10.4. The van der Waals surface area contributed by atoms with E-state index in [1.54, 1.807) is 18.3 Å². The highest BCUT2D eigenvalue weighted by Gasteiger charge is 2.29. The van der Waals surface area contributed by atoms with Crippen LogP contribution >= 0.6 is 23.2 Å². The van der Waals surface area contributed by atoms with E-state index in [4.69, 9.17) is 37.7 Å². The number of nitrogens with zero attached hydrogens (tertiary/aromatic N) is 3. The standard InChI is InChI=1S/C36H35Cl2N5O5/c1-21-24(26-8-5-9-28(32(26)38)41-34(45)29-12-11-22(19-40-29)18-39-13-15-44)6-4-7-25(21)35-42-30-17-23(16-27(37)33(30)48-35)20-43-14-3-2-10-31(43)36(46)47/h4-9,11-12,16-17,19,31,39,44H,2-3,10,13-15,18,20H2,1H3,(H,41,45)(H,46,47). The van der Waals surface area contributed by atoms with E-state index in [2.05, 4.69) is 15.6 Å². The van der Waals surface area contributed by atoms with Crippen molar-refractivity contribution in [1.82, 2.24) is 20.2 Å². The van der Waals surface area contributed by atoms with Crippen molar-refractivity contribution in [1.29, 1.82) is 0 Å². The number of benzene rings is 3. The van der Waals surface area contributed by atoms with E-state index < -0.39 is 17.9 Å². The van der Waals surface area contributed by atoms with E-state index in [0.717, 1.165) is 46.2 Å². The van der Waals surface area contributed by atoms with Crippen LogP contribution in [0.5, 0.6) is 0 Å². The summed E-state index contributed by atoms with van der Waals surface area (Å²) in [5.41, 5.74) is 6.69. The number of carboxylic acids is 1. The van der Waals surface area contributed by atoms with Crippen LogP contribution in [0.2, 0.25) is 10.0 Å². The maximum atomic E-state index is 13.0. The van der Waals surface area contributed by atoms with E-state index >= 15 is 0 Å². The van der Waals surface area contributed by atoms with Gasteiger partial charge < -0.3 is 25.3 Å².